The van der Waals surface area contributed by atoms with Gasteiger partial charge in [-0.05, 0) is 36.2 Å². The first kappa shape index (κ1) is 16.7. The van der Waals surface area contributed by atoms with E-state index in [4.69, 9.17) is 0 Å². The Kier molecular flexibility index (Phi) is 5.46. The van der Waals surface area contributed by atoms with Crippen LogP contribution < -0.4 is 5.32 Å². The fourth-order valence-electron chi connectivity index (χ4n) is 2.27. The maximum Gasteiger partial charge on any atom is 0.227 e. The van der Waals surface area contributed by atoms with Crippen LogP contribution in [-0.2, 0) is 16.0 Å². The number of aromatic nitrogens is 1. The summed E-state index contributed by atoms with van der Waals surface area (Å²) >= 11 is 0. The van der Waals surface area contributed by atoms with E-state index >= 15 is 0 Å². The third-order valence-corrected chi connectivity index (χ3v) is 3.77. The van der Waals surface area contributed by atoms with Gasteiger partial charge in [-0.15, -0.1) is 0 Å². The predicted molar refractivity (Wildman–Crippen MR) is 89.9 cm³/mol. The molecule has 1 aromatic heterocycles. The number of hydrogen-bond acceptors (Lipinski definition) is 3. The zero-order valence-electron chi connectivity index (χ0n) is 13.6. The number of likely N-dealkylation sites (N-methyl/N-ethyl adjacent to an activating group) is 1. The van der Waals surface area contributed by atoms with E-state index in [9.17, 15) is 9.59 Å². The summed E-state index contributed by atoms with van der Waals surface area (Å²) in [5.74, 6) is -0.0764. The van der Waals surface area contributed by atoms with Gasteiger partial charge in [0.05, 0.1) is 12.5 Å². The molecule has 0 fully saturated rings. The molecule has 120 valence electrons. The molecule has 0 aliphatic carbocycles. The monoisotopic (exact) mass is 311 g/mol. The Bertz CT molecular complexity index is 668. The van der Waals surface area contributed by atoms with Crippen LogP contribution in [0, 0.1) is 0 Å². The van der Waals surface area contributed by atoms with E-state index in [1.807, 2.05) is 31.2 Å². The molecule has 23 heavy (non-hydrogen) atoms. The minimum absolute atomic E-state index is 0.0325. The van der Waals surface area contributed by atoms with Gasteiger partial charge in [-0.3, -0.25) is 14.6 Å². The topological polar surface area (TPSA) is 62.3 Å². The van der Waals surface area contributed by atoms with Crippen LogP contribution in [0.2, 0.25) is 0 Å². The maximum absolute atomic E-state index is 12.4. The molecule has 2 rings (SSSR count). The number of pyridine rings is 1. The lowest BCUT2D eigenvalue weighted by Gasteiger charge is -2.25. The molecule has 1 atom stereocenters. The average Bonchev–Trinajstić information content (AvgIpc) is 2.55. The third kappa shape index (κ3) is 4.64. The second-order valence-electron chi connectivity index (χ2n) is 5.52. The van der Waals surface area contributed by atoms with Gasteiger partial charge < -0.3 is 10.2 Å². The summed E-state index contributed by atoms with van der Waals surface area (Å²) in [5.41, 5.74) is 2.64. The van der Waals surface area contributed by atoms with Gasteiger partial charge in [0.15, 0.2) is 0 Å². The van der Waals surface area contributed by atoms with Crippen molar-refractivity contribution in [2.24, 2.45) is 0 Å². The molecule has 1 N–H and O–H groups in total. The molecule has 0 saturated heterocycles. The maximum atomic E-state index is 12.4. The van der Waals surface area contributed by atoms with Crippen molar-refractivity contribution in [3.63, 3.8) is 0 Å². The van der Waals surface area contributed by atoms with Crippen molar-refractivity contribution in [3.05, 3.63) is 59.9 Å². The van der Waals surface area contributed by atoms with Gasteiger partial charge in [-0.1, -0.05) is 18.2 Å². The zero-order chi connectivity index (χ0) is 16.8. The summed E-state index contributed by atoms with van der Waals surface area (Å²) in [4.78, 5) is 29.2. The summed E-state index contributed by atoms with van der Waals surface area (Å²) < 4.78 is 0. The molecule has 2 aromatic rings. The van der Waals surface area contributed by atoms with Gasteiger partial charge in [0.2, 0.25) is 11.8 Å². The molecule has 1 unspecified atom stereocenters. The second kappa shape index (κ2) is 7.54. The Labute approximate surface area is 136 Å². The van der Waals surface area contributed by atoms with Gasteiger partial charge in [0.1, 0.15) is 0 Å². The highest BCUT2D eigenvalue weighted by molar-refractivity contribution is 5.88. The van der Waals surface area contributed by atoms with Gasteiger partial charge in [0.25, 0.3) is 0 Å². The van der Waals surface area contributed by atoms with Crippen LogP contribution in [0.15, 0.2) is 48.8 Å². The van der Waals surface area contributed by atoms with Gasteiger partial charge >= 0.3 is 0 Å². The molecule has 0 aliphatic rings. The summed E-state index contributed by atoms with van der Waals surface area (Å²) in [6.07, 6.45) is 3.81. The summed E-state index contributed by atoms with van der Waals surface area (Å²) in [6, 6.07) is 11.1. The van der Waals surface area contributed by atoms with Crippen molar-refractivity contribution in [2.45, 2.75) is 26.3 Å². The van der Waals surface area contributed by atoms with Crippen molar-refractivity contribution in [2.75, 3.05) is 12.4 Å². The normalized spacial score (nSPS) is 11.6. The first-order valence-electron chi connectivity index (χ1n) is 7.49. The molecule has 0 bridgehead atoms. The van der Waals surface area contributed by atoms with Crippen LogP contribution in [0.25, 0.3) is 0 Å². The van der Waals surface area contributed by atoms with Gasteiger partial charge in [-0.25, -0.2) is 0 Å². The van der Waals surface area contributed by atoms with E-state index < -0.39 is 0 Å². The first-order chi connectivity index (χ1) is 11.0. The van der Waals surface area contributed by atoms with Crippen molar-refractivity contribution in [1.82, 2.24) is 9.88 Å². The Morgan fingerprint density at radius 1 is 1.22 bits per heavy atom. The molecule has 0 radical (unpaired) electrons. The summed E-state index contributed by atoms with van der Waals surface area (Å²) in [6.45, 7) is 3.45. The Morgan fingerprint density at radius 3 is 2.48 bits per heavy atom. The first-order valence-corrected chi connectivity index (χ1v) is 7.49. The van der Waals surface area contributed by atoms with Crippen LogP contribution in [0.4, 0.5) is 5.69 Å². The fourth-order valence-corrected chi connectivity index (χ4v) is 2.27. The van der Waals surface area contributed by atoms with Crippen LogP contribution in [0.1, 0.15) is 31.0 Å². The van der Waals surface area contributed by atoms with Gasteiger partial charge in [0, 0.05) is 32.1 Å². The molecule has 1 heterocycles. The molecular weight excluding hydrogens is 290 g/mol. The lowest BCUT2D eigenvalue weighted by molar-refractivity contribution is -0.131. The van der Waals surface area contributed by atoms with E-state index in [-0.39, 0.29) is 17.9 Å². The van der Waals surface area contributed by atoms with E-state index in [2.05, 4.69) is 10.3 Å². The third-order valence-electron chi connectivity index (χ3n) is 3.77. The molecule has 2 amide bonds. The lowest BCUT2D eigenvalue weighted by atomic mass is 10.1. The number of rotatable bonds is 5. The minimum atomic E-state index is -0.112. The Morgan fingerprint density at radius 2 is 1.91 bits per heavy atom. The number of nitrogens with zero attached hydrogens (tertiary/aromatic N) is 2. The van der Waals surface area contributed by atoms with Gasteiger partial charge in [-0.2, -0.15) is 0 Å². The highest BCUT2D eigenvalue weighted by Gasteiger charge is 2.17. The molecule has 1 aromatic carbocycles. The molecule has 0 aliphatic heterocycles. The standard InChI is InChI=1S/C18H21N3O2/c1-13(16-5-4-10-19-12-16)21(3)18(23)11-15-6-8-17(9-7-15)20-14(2)22/h4-10,12-13H,11H2,1-3H3,(H,20,22). The SMILES string of the molecule is CC(=O)Nc1ccc(CC(=O)N(C)C(C)c2cccnc2)cc1. The number of carbonyl (C=O) groups is 2. The Hall–Kier alpha value is -2.69. The number of carbonyl (C=O) groups excluding carboxylic acids is 2. The van der Waals surface area contributed by atoms with Crippen molar-refractivity contribution in [3.8, 4) is 0 Å². The number of amides is 2. The zero-order valence-corrected chi connectivity index (χ0v) is 13.6. The second-order valence-corrected chi connectivity index (χ2v) is 5.52. The van der Waals surface area contributed by atoms with E-state index in [1.54, 1.807) is 36.5 Å². The molecule has 5 nitrogen and oxygen atoms in total. The van der Waals surface area contributed by atoms with Crippen LogP contribution in [0.5, 0.6) is 0 Å². The van der Waals surface area contributed by atoms with Crippen molar-refractivity contribution >= 4 is 17.5 Å². The van der Waals surface area contributed by atoms with E-state index in [0.717, 1.165) is 16.8 Å². The van der Waals surface area contributed by atoms with E-state index in [0.29, 0.717) is 6.42 Å². The lowest BCUT2D eigenvalue weighted by Crippen LogP contribution is -2.31. The highest BCUT2D eigenvalue weighted by atomic mass is 16.2. The van der Waals surface area contributed by atoms with Crippen LogP contribution in [-0.4, -0.2) is 28.7 Å². The summed E-state index contributed by atoms with van der Waals surface area (Å²) in [7, 11) is 1.80. The van der Waals surface area contributed by atoms with Crippen LogP contribution in [0.3, 0.4) is 0 Å². The summed E-state index contributed by atoms with van der Waals surface area (Å²) in [5, 5.41) is 2.71. The van der Waals surface area contributed by atoms with E-state index in [1.165, 1.54) is 6.92 Å². The van der Waals surface area contributed by atoms with Crippen molar-refractivity contribution < 1.29 is 9.59 Å². The molecule has 0 spiro atoms. The predicted octanol–water partition coefficient (Wildman–Crippen LogP) is 2.80. The number of nitrogens with one attached hydrogen (secondary N) is 1. The number of hydrogen-bond donors (Lipinski definition) is 1. The minimum Gasteiger partial charge on any atom is -0.339 e. The quantitative estimate of drug-likeness (QED) is 0.923. The Balaban J connectivity index is 1.99. The average molecular weight is 311 g/mol. The molecule has 0 saturated carbocycles. The molecule has 5 heteroatoms. The smallest absolute Gasteiger partial charge is 0.227 e. The highest BCUT2D eigenvalue weighted by Crippen LogP contribution is 2.19. The largest absolute Gasteiger partial charge is 0.339 e. The number of benzene rings is 1. The molecular formula is C18H21N3O2. The van der Waals surface area contributed by atoms with Crippen LogP contribution >= 0.6 is 0 Å². The van der Waals surface area contributed by atoms with Crippen molar-refractivity contribution in [1.29, 1.82) is 0 Å². The fraction of sp³-hybridized carbons (Fsp3) is 0.278. The number of anilines is 1.